The van der Waals surface area contributed by atoms with Crippen LogP contribution < -0.4 is 10.5 Å². The Hall–Kier alpha value is -4.77. The first-order valence-corrected chi connectivity index (χ1v) is 13.7. The molecule has 2 aromatic heterocycles. The van der Waals surface area contributed by atoms with Gasteiger partial charge in [-0.05, 0) is 54.6 Å². The lowest BCUT2D eigenvalue weighted by molar-refractivity contribution is -0.391. The zero-order valence-electron chi connectivity index (χ0n) is 22.7. The van der Waals surface area contributed by atoms with Crippen LogP contribution in [0.1, 0.15) is 25.3 Å². The van der Waals surface area contributed by atoms with E-state index in [4.69, 9.17) is 10.5 Å². The molecule has 1 aliphatic carbocycles. The molecule has 6 rings (SSSR count). The molecule has 2 N–H and O–H groups in total. The Kier molecular flexibility index (Phi) is 7.10. The van der Waals surface area contributed by atoms with Crippen LogP contribution in [0.2, 0.25) is 0 Å². The number of benzene rings is 2. The summed E-state index contributed by atoms with van der Waals surface area (Å²) in [6.07, 6.45) is 7.77. The van der Waals surface area contributed by atoms with E-state index in [2.05, 4.69) is 21.9 Å². The summed E-state index contributed by atoms with van der Waals surface area (Å²) in [5, 5.41) is 13.0. The molecule has 3 heterocycles. The lowest BCUT2D eigenvalue weighted by Crippen LogP contribution is -2.28. The van der Waals surface area contributed by atoms with Crippen molar-refractivity contribution in [3.05, 3.63) is 83.2 Å². The summed E-state index contributed by atoms with van der Waals surface area (Å²) in [4.78, 5) is 37.7. The van der Waals surface area contributed by atoms with Gasteiger partial charge in [0.15, 0.2) is 0 Å². The third-order valence-electron chi connectivity index (χ3n) is 7.75. The molecule has 210 valence electrons. The number of para-hydroxylation sites is 1. The van der Waals surface area contributed by atoms with Crippen molar-refractivity contribution in [2.24, 2.45) is 0 Å². The number of carbonyl (C=O) groups is 1. The van der Waals surface area contributed by atoms with Gasteiger partial charge in [0.2, 0.25) is 11.6 Å². The SMILES string of the molecule is CN(CC=CC(=O)N1CC[C@@H](n2c([N+](=O)[O-])c(-c3ccc(Oc4ccccc4)cc3)c3c(N)ncnc32)C1)C1CC1. The Morgan fingerprint density at radius 2 is 1.85 bits per heavy atom. The number of nitrogens with two attached hydrogens (primary N) is 1. The number of ether oxygens (including phenoxy) is 1. The molecule has 2 fully saturated rings. The second-order valence-electron chi connectivity index (χ2n) is 10.5. The van der Waals surface area contributed by atoms with Crippen LogP contribution in [0.15, 0.2) is 73.1 Å². The van der Waals surface area contributed by atoms with Crippen LogP contribution in [0.3, 0.4) is 0 Å². The maximum absolute atomic E-state index is 12.9. The molecule has 0 spiro atoms. The second kappa shape index (κ2) is 11.0. The van der Waals surface area contributed by atoms with Gasteiger partial charge in [-0.3, -0.25) is 9.69 Å². The van der Waals surface area contributed by atoms with Crippen LogP contribution >= 0.6 is 0 Å². The normalized spacial score (nSPS) is 17.1. The zero-order chi connectivity index (χ0) is 28.5. The summed E-state index contributed by atoms with van der Waals surface area (Å²) in [6.45, 7) is 1.54. The first-order valence-electron chi connectivity index (χ1n) is 13.7. The van der Waals surface area contributed by atoms with Gasteiger partial charge in [0.25, 0.3) is 0 Å². The van der Waals surface area contributed by atoms with Crippen molar-refractivity contribution in [3.63, 3.8) is 0 Å². The molecular formula is C30H31N7O4. The summed E-state index contributed by atoms with van der Waals surface area (Å²) in [5.74, 6) is 1.22. The van der Waals surface area contributed by atoms with Crippen molar-refractivity contribution >= 4 is 28.6 Å². The third-order valence-corrected chi connectivity index (χ3v) is 7.75. The fourth-order valence-electron chi connectivity index (χ4n) is 5.50. The summed E-state index contributed by atoms with van der Waals surface area (Å²) in [6, 6.07) is 16.7. The molecule has 2 aliphatic rings. The van der Waals surface area contributed by atoms with E-state index in [1.165, 1.54) is 19.2 Å². The highest BCUT2D eigenvalue weighted by molar-refractivity contribution is 6.05. The number of rotatable bonds is 9. The molecule has 0 bridgehead atoms. The van der Waals surface area contributed by atoms with Crippen molar-refractivity contribution in [1.82, 2.24) is 24.3 Å². The third kappa shape index (κ3) is 5.36. The van der Waals surface area contributed by atoms with Gasteiger partial charge >= 0.3 is 5.82 Å². The van der Waals surface area contributed by atoms with E-state index in [0.29, 0.717) is 59.2 Å². The quantitative estimate of drug-likeness (QED) is 0.177. The molecule has 1 saturated carbocycles. The summed E-state index contributed by atoms with van der Waals surface area (Å²) in [7, 11) is 2.06. The molecule has 41 heavy (non-hydrogen) atoms. The maximum atomic E-state index is 12.9. The Bertz CT molecular complexity index is 1610. The number of likely N-dealkylation sites (tertiary alicyclic amines) is 1. The topological polar surface area (TPSA) is 133 Å². The highest BCUT2D eigenvalue weighted by Gasteiger charge is 2.39. The number of carbonyl (C=O) groups excluding carboxylic acids is 1. The number of amides is 1. The van der Waals surface area contributed by atoms with Crippen molar-refractivity contribution in [3.8, 4) is 22.6 Å². The van der Waals surface area contributed by atoms with Crippen LogP contribution in [-0.2, 0) is 4.79 Å². The van der Waals surface area contributed by atoms with Crippen molar-refractivity contribution in [2.75, 3.05) is 32.4 Å². The number of likely N-dealkylation sites (N-methyl/N-ethyl adjacent to an activating group) is 1. The number of nitrogen functional groups attached to an aromatic ring is 1. The van der Waals surface area contributed by atoms with Crippen LogP contribution in [0, 0.1) is 10.1 Å². The second-order valence-corrected chi connectivity index (χ2v) is 10.5. The van der Waals surface area contributed by atoms with Gasteiger partial charge in [-0.25, -0.2) is 9.55 Å². The average molecular weight is 554 g/mol. The van der Waals surface area contributed by atoms with Gasteiger partial charge in [0.05, 0.1) is 17.5 Å². The number of anilines is 1. The summed E-state index contributed by atoms with van der Waals surface area (Å²) >= 11 is 0. The first-order chi connectivity index (χ1) is 19.9. The van der Waals surface area contributed by atoms with E-state index in [9.17, 15) is 14.9 Å². The molecule has 1 atom stereocenters. The van der Waals surface area contributed by atoms with E-state index in [-0.39, 0.29) is 23.6 Å². The minimum atomic E-state index is -0.400. The smallest absolute Gasteiger partial charge is 0.333 e. The fraction of sp³-hybridized carbons (Fsp3) is 0.300. The lowest BCUT2D eigenvalue weighted by atomic mass is 10.0. The molecule has 11 heteroatoms. The van der Waals surface area contributed by atoms with Crippen LogP contribution in [0.25, 0.3) is 22.2 Å². The number of hydrogen-bond acceptors (Lipinski definition) is 8. The minimum Gasteiger partial charge on any atom is -0.457 e. The molecule has 4 aromatic rings. The molecule has 0 unspecified atom stereocenters. The molecule has 1 aliphatic heterocycles. The fourth-order valence-corrected chi connectivity index (χ4v) is 5.50. The number of hydrogen-bond donors (Lipinski definition) is 1. The van der Waals surface area contributed by atoms with Crippen LogP contribution in [0.4, 0.5) is 11.6 Å². The molecule has 0 radical (unpaired) electrons. The molecule has 1 amide bonds. The van der Waals surface area contributed by atoms with Crippen molar-refractivity contribution < 1.29 is 14.5 Å². The van der Waals surface area contributed by atoms with Gasteiger partial charge in [-0.15, -0.1) is 0 Å². The van der Waals surface area contributed by atoms with E-state index in [1.54, 1.807) is 39.8 Å². The first kappa shape index (κ1) is 26.5. The highest BCUT2D eigenvalue weighted by Crippen LogP contribution is 2.44. The predicted octanol–water partition coefficient (Wildman–Crippen LogP) is 4.80. The summed E-state index contributed by atoms with van der Waals surface area (Å²) in [5.41, 5.74) is 7.62. The van der Waals surface area contributed by atoms with E-state index >= 15 is 0 Å². The predicted molar refractivity (Wildman–Crippen MR) is 156 cm³/mol. The Labute approximate surface area is 237 Å². The van der Waals surface area contributed by atoms with E-state index < -0.39 is 4.92 Å². The van der Waals surface area contributed by atoms with Crippen LogP contribution in [-0.4, -0.2) is 67.9 Å². The maximum Gasteiger partial charge on any atom is 0.333 e. The van der Waals surface area contributed by atoms with E-state index in [1.807, 2.05) is 36.4 Å². The lowest BCUT2D eigenvalue weighted by Gasteiger charge is -2.15. The summed E-state index contributed by atoms with van der Waals surface area (Å²) < 4.78 is 7.52. The monoisotopic (exact) mass is 553 g/mol. The number of nitrogens with zero attached hydrogens (tertiary/aromatic N) is 6. The number of aromatic nitrogens is 3. The molecule has 1 saturated heterocycles. The number of nitro groups is 1. The van der Waals surface area contributed by atoms with E-state index in [0.717, 1.165) is 6.54 Å². The Balaban J connectivity index is 1.31. The minimum absolute atomic E-state index is 0.0980. The van der Waals surface area contributed by atoms with Crippen LogP contribution in [0.5, 0.6) is 11.5 Å². The molecule has 2 aromatic carbocycles. The van der Waals surface area contributed by atoms with Gasteiger partial charge in [-0.2, -0.15) is 4.98 Å². The Morgan fingerprint density at radius 1 is 1.12 bits per heavy atom. The highest BCUT2D eigenvalue weighted by atomic mass is 16.6. The van der Waals surface area contributed by atoms with Gasteiger partial charge in [0, 0.05) is 31.6 Å². The van der Waals surface area contributed by atoms with Gasteiger partial charge in [-0.1, -0.05) is 36.4 Å². The van der Waals surface area contributed by atoms with Crippen molar-refractivity contribution in [1.29, 1.82) is 0 Å². The standard InChI is InChI=1S/C30H31N7O4/c1-34(21-11-12-21)16-5-8-25(38)35-17-15-22(18-35)36-29-27(28(31)32-19-33-29)26(30(36)37(39)40)20-9-13-24(14-10-20)41-23-6-3-2-4-7-23/h2-10,13-14,19,21-22H,11-12,15-18H2,1H3,(H2,31,32,33)/t22-/m1/s1. The van der Waals surface area contributed by atoms with Crippen molar-refractivity contribution in [2.45, 2.75) is 31.3 Å². The van der Waals surface area contributed by atoms with Gasteiger partial charge in [0.1, 0.15) is 29.7 Å². The number of fused-ring (bicyclic) bond motifs is 1. The largest absolute Gasteiger partial charge is 0.457 e. The zero-order valence-corrected chi connectivity index (χ0v) is 22.7. The van der Waals surface area contributed by atoms with Gasteiger partial charge < -0.3 is 25.5 Å². The molecular weight excluding hydrogens is 522 g/mol. The average Bonchev–Trinajstić information content (AvgIpc) is 3.60. The Morgan fingerprint density at radius 3 is 2.56 bits per heavy atom. The molecule has 11 nitrogen and oxygen atoms in total.